The topological polar surface area (TPSA) is 108 Å². The summed E-state index contributed by atoms with van der Waals surface area (Å²) in [6.45, 7) is 3.26. The van der Waals surface area contributed by atoms with Crippen LogP contribution in [0.1, 0.15) is 25.3 Å². The van der Waals surface area contributed by atoms with E-state index in [0.29, 0.717) is 37.5 Å². The second-order valence-electron chi connectivity index (χ2n) is 8.75. The highest BCUT2D eigenvalue weighted by Crippen LogP contribution is 2.30. The lowest BCUT2D eigenvalue weighted by Crippen LogP contribution is -2.55. The van der Waals surface area contributed by atoms with E-state index in [0.717, 1.165) is 9.13 Å². The van der Waals surface area contributed by atoms with Gasteiger partial charge in [-0.1, -0.05) is 42.5 Å². The molecule has 0 heterocycles. The van der Waals surface area contributed by atoms with Crippen molar-refractivity contribution in [3.8, 4) is 5.75 Å². The van der Waals surface area contributed by atoms with Gasteiger partial charge in [-0.05, 0) is 59.7 Å². The third kappa shape index (κ3) is 8.53. The number of para-hydroxylation sites is 1. The first kappa shape index (κ1) is 29.1. The van der Waals surface area contributed by atoms with Crippen molar-refractivity contribution in [3.05, 3.63) is 75.4 Å². The van der Waals surface area contributed by atoms with Crippen molar-refractivity contribution in [1.29, 1.82) is 0 Å². The maximum Gasteiger partial charge on any atom is 0.247 e. The Kier molecular flexibility index (Phi) is 11.8. The molecule has 0 spiro atoms. The van der Waals surface area contributed by atoms with E-state index < -0.39 is 18.2 Å². The van der Waals surface area contributed by atoms with Crippen LogP contribution in [0.15, 0.2) is 66.2 Å². The molecule has 0 aromatic heterocycles. The molecule has 2 amide bonds. The van der Waals surface area contributed by atoms with Gasteiger partial charge in [0.05, 0.1) is 22.6 Å². The molecule has 200 valence electrons. The predicted molar refractivity (Wildman–Crippen MR) is 149 cm³/mol. The molecule has 3 N–H and O–H groups in total. The average Bonchev–Trinajstić information content (AvgIpc) is 2.90. The summed E-state index contributed by atoms with van der Waals surface area (Å²) in [4.78, 5) is 28.1. The zero-order valence-corrected chi connectivity index (χ0v) is 23.2. The molecule has 37 heavy (non-hydrogen) atoms. The number of aliphatic hydroxyl groups excluding tert-OH is 2. The lowest BCUT2D eigenvalue weighted by atomic mass is 9.87. The molecule has 8 nitrogen and oxygen atoms in total. The van der Waals surface area contributed by atoms with Crippen molar-refractivity contribution in [2.75, 3.05) is 32.9 Å². The summed E-state index contributed by atoms with van der Waals surface area (Å²) in [5, 5.41) is 23.3. The van der Waals surface area contributed by atoms with Crippen LogP contribution in [-0.4, -0.2) is 78.1 Å². The van der Waals surface area contributed by atoms with E-state index in [1.807, 2.05) is 55.5 Å². The third-order valence-electron chi connectivity index (χ3n) is 6.12. The number of carbonyl (C=O) groups is 2. The number of nitrogens with one attached hydrogen (secondary N) is 1. The first-order valence-electron chi connectivity index (χ1n) is 12.5. The van der Waals surface area contributed by atoms with E-state index in [2.05, 4.69) is 27.9 Å². The Bertz CT molecular complexity index is 1050. The van der Waals surface area contributed by atoms with Gasteiger partial charge in [0.15, 0.2) is 0 Å². The monoisotopic (exact) mass is 622 g/mol. The molecular weight excluding hydrogens is 587 g/mol. The molecule has 1 aliphatic rings. The van der Waals surface area contributed by atoms with Crippen molar-refractivity contribution < 1.29 is 29.3 Å². The highest BCUT2D eigenvalue weighted by Gasteiger charge is 2.40. The largest absolute Gasteiger partial charge is 0.482 e. The molecule has 0 bridgehead atoms. The standard InChI is InChI=1S/C28H35IN2O6/c1-2-36-16-8-14-31(26(33)17-20-9-4-3-5-10-20)23-18-21(28(35)30-13-15-32)19-25(27(23)34)37-24-12-7-6-11-22(24)29/h3-7,9-12,19,23,25,27,32,34H,2,8,13-18H2,1H3,(H,30,35)/t23-,25+,27+/m1/s1. The summed E-state index contributed by atoms with van der Waals surface area (Å²) in [5.41, 5.74) is 1.28. The number of aliphatic hydroxyl groups is 2. The van der Waals surface area contributed by atoms with Gasteiger partial charge in [0, 0.05) is 38.3 Å². The van der Waals surface area contributed by atoms with E-state index in [9.17, 15) is 14.7 Å². The lowest BCUT2D eigenvalue weighted by molar-refractivity contribution is -0.138. The zero-order valence-electron chi connectivity index (χ0n) is 21.0. The van der Waals surface area contributed by atoms with Gasteiger partial charge in [-0.25, -0.2) is 0 Å². The van der Waals surface area contributed by atoms with E-state index in [-0.39, 0.29) is 37.8 Å². The van der Waals surface area contributed by atoms with E-state index in [1.165, 1.54) is 0 Å². The first-order valence-corrected chi connectivity index (χ1v) is 13.6. The second kappa shape index (κ2) is 15.1. The minimum Gasteiger partial charge on any atom is -0.482 e. The molecule has 3 rings (SSSR count). The molecule has 0 unspecified atom stereocenters. The van der Waals surface area contributed by atoms with Crippen molar-refractivity contribution in [2.45, 2.75) is 44.4 Å². The summed E-state index contributed by atoms with van der Waals surface area (Å²) in [7, 11) is 0. The number of nitrogens with zero attached hydrogens (tertiary/aromatic N) is 1. The Morgan fingerprint density at radius 2 is 1.86 bits per heavy atom. The number of benzene rings is 2. The number of halogens is 1. The maximum absolute atomic E-state index is 13.6. The quantitative estimate of drug-likeness (QED) is 0.234. The zero-order chi connectivity index (χ0) is 26.6. The molecule has 0 fully saturated rings. The number of hydrogen-bond acceptors (Lipinski definition) is 6. The van der Waals surface area contributed by atoms with Gasteiger partial charge in [-0.2, -0.15) is 0 Å². The van der Waals surface area contributed by atoms with Gasteiger partial charge in [0.1, 0.15) is 18.0 Å². The van der Waals surface area contributed by atoms with Crippen LogP contribution in [0, 0.1) is 3.57 Å². The van der Waals surface area contributed by atoms with Crippen LogP contribution in [0.4, 0.5) is 0 Å². The summed E-state index contributed by atoms with van der Waals surface area (Å²) in [5.74, 6) is 0.0848. The number of hydrogen-bond donors (Lipinski definition) is 3. The Labute approximate surface area is 231 Å². The molecule has 1 aliphatic carbocycles. The molecule has 0 radical (unpaired) electrons. The average molecular weight is 623 g/mol. The van der Waals surface area contributed by atoms with Crippen LogP contribution < -0.4 is 10.1 Å². The molecule has 0 saturated heterocycles. The summed E-state index contributed by atoms with van der Waals surface area (Å²) in [6, 6.07) is 16.2. The Hall–Kier alpha value is -2.47. The minimum absolute atomic E-state index is 0.108. The van der Waals surface area contributed by atoms with Crippen LogP contribution in [0.3, 0.4) is 0 Å². The van der Waals surface area contributed by atoms with Crippen molar-refractivity contribution >= 4 is 34.4 Å². The van der Waals surface area contributed by atoms with Crippen molar-refractivity contribution in [2.24, 2.45) is 0 Å². The third-order valence-corrected chi connectivity index (χ3v) is 7.02. The number of rotatable bonds is 13. The fourth-order valence-corrected chi connectivity index (χ4v) is 4.81. The number of carbonyl (C=O) groups excluding carboxylic acids is 2. The molecule has 0 saturated carbocycles. The van der Waals surface area contributed by atoms with Gasteiger partial charge < -0.3 is 29.9 Å². The van der Waals surface area contributed by atoms with Crippen LogP contribution in [0.25, 0.3) is 0 Å². The SMILES string of the molecule is CCOCCCN(C(=O)Cc1ccccc1)[C@@H]1CC(C(=O)NCCO)=C[C@H](Oc2ccccc2I)[C@H]1O. The van der Waals surface area contributed by atoms with Crippen LogP contribution >= 0.6 is 22.6 Å². The Morgan fingerprint density at radius 1 is 1.14 bits per heavy atom. The summed E-state index contributed by atoms with van der Waals surface area (Å²) >= 11 is 2.16. The molecular formula is C28H35IN2O6. The Balaban J connectivity index is 1.90. The minimum atomic E-state index is -1.06. The Morgan fingerprint density at radius 3 is 2.57 bits per heavy atom. The number of ether oxygens (including phenoxy) is 2. The van der Waals surface area contributed by atoms with Crippen molar-refractivity contribution in [1.82, 2.24) is 10.2 Å². The van der Waals surface area contributed by atoms with Gasteiger partial charge in [0.25, 0.3) is 0 Å². The fraction of sp³-hybridized carbons (Fsp3) is 0.429. The van der Waals surface area contributed by atoms with Crippen LogP contribution in [0.2, 0.25) is 0 Å². The van der Waals surface area contributed by atoms with Crippen LogP contribution in [-0.2, 0) is 20.7 Å². The highest BCUT2D eigenvalue weighted by molar-refractivity contribution is 14.1. The fourth-order valence-electron chi connectivity index (χ4n) is 4.30. The van der Waals surface area contributed by atoms with E-state index in [4.69, 9.17) is 14.6 Å². The van der Waals surface area contributed by atoms with Gasteiger partial charge in [-0.15, -0.1) is 0 Å². The molecule has 3 atom stereocenters. The molecule has 2 aromatic carbocycles. The van der Waals surface area contributed by atoms with E-state index in [1.54, 1.807) is 17.0 Å². The van der Waals surface area contributed by atoms with Crippen LogP contribution in [0.5, 0.6) is 5.75 Å². The predicted octanol–water partition coefficient (Wildman–Crippen LogP) is 2.70. The van der Waals surface area contributed by atoms with Gasteiger partial charge in [-0.3, -0.25) is 9.59 Å². The summed E-state index contributed by atoms with van der Waals surface area (Å²) in [6.07, 6.45) is 0.656. The lowest BCUT2D eigenvalue weighted by Gasteiger charge is -2.40. The maximum atomic E-state index is 13.6. The van der Waals surface area contributed by atoms with E-state index >= 15 is 0 Å². The summed E-state index contributed by atoms with van der Waals surface area (Å²) < 4.78 is 12.5. The van der Waals surface area contributed by atoms with Gasteiger partial charge in [0.2, 0.25) is 11.8 Å². The number of amides is 2. The molecule has 0 aliphatic heterocycles. The second-order valence-corrected chi connectivity index (χ2v) is 9.91. The first-order chi connectivity index (χ1) is 17.9. The molecule has 9 heteroatoms. The normalized spacial score (nSPS) is 19.1. The molecule has 2 aromatic rings. The highest BCUT2D eigenvalue weighted by atomic mass is 127. The van der Waals surface area contributed by atoms with Crippen molar-refractivity contribution in [3.63, 3.8) is 0 Å². The smallest absolute Gasteiger partial charge is 0.247 e. The van der Waals surface area contributed by atoms with Gasteiger partial charge >= 0.3 is 0 Å².